The monoisotopic (exact) mass is 270 g/mol. The zero-order valence-corrected chi connectivity index (χ0v) is 12.3. The number of carboxylic acids is 1. The average Bonchev–Trinajstić information content (AvgIpc) is 2.33. The molecule has 4 N–H and O–H groups in total. The third-order valence-corrected chi connectivity index (χ3v) is 4.84. The van der Waals surface area contributed by atoms with Crippen molar-refractivity contribution in [3.8, 4) is 0 Å². The molecule has 0 heterocycles. The molecule has 0 aromatic carbocycles. The molecule has 1 saturated carbocycles. The van der Waals surface area contributed by atoms with Gasteiger partial charge in [-0.15, -0.1) is 0 Å². The number of hydrogen-bond acceptors (Lipinski definition) is 3. The molecule has 3 unspecified atom stereocenters. The molecule has 0 saturated heterocycles. The van der Waals surface area contributed by atoms with Crippen molar-refractivity contribution in [2.75, 3.05) is 0 Å². The Labute approximate surface area is 114 Å². The molecule has 1 aliphatic carbocycles. The van der Waals surface area contributed by atoms with Crippen molar-refractivity contribution in [1.29, 1.82) is 0 Å². The summed E-state index contributed by atoms with van der Waals surface area (Å²) < 4.78 is 0. The SMILES string of the molecule is CC[C@H](N)C(=O)NC1CCC(C(=O)O)C(C)(C)C1C. The minimum Gasteiger partial charge on any atom is -0.481 e. The van der Waals surface area contributed by atoms with E-state index in [-0.39, 0.29) is 29.2 Å². The smallest absolute Gasteiger partial charge is 0.307 e. The second-order valence-corrected chi connectivity index (χ2v) is 6.21. The molecule has 1 amide bonds. The third kappa shape index (κ3) is 3.26. The minimum absolute atomic E-state index is 0.00991. The fourth-order valence-corrected chi connectivity index (χ4v) is 2.92. The van der Waals surface area contributed by atoms with Crippen LogP contribution in [-0.2, 0) is 9.59 Å². The van der Waals surface area contributed by atoms with Gasteiger partial charge >= 0.3 is 5.97 Å². The Balaban J connectivity index is 2.75. The fraction of sp³-hybridized carbons (Fsp3) is 0.857. The van der Waals surface area contributed by atoms with Crippen LogP contribution in [0.5, 0.6) is 0 Å². The van der Waals surface area contributed by atoms with Crippen LogP contribution in [0.1, 0.15) is 47.0 Å². The summed E-state index contributed by atoms with van der Waals surface area (Å²) in [6, 6.07) is -0.469. The molecular formula is C14H26N2O3. The van der Waals surface area contributed by atoms with Crippen molar-refractivity contribution < 1.29 is 14.7 Å². The van der Waals surface area contributed by atoms with Crippen LogP contribution in [0.2, 0.25) is 0 Å². The van der Waals surface area contributed by atoms with Gasteiger partial charge in [-0.2, -0.15) is 0 Å². The molecule has 19 heavy (non-hydrogen) atoms. The van der Waals surface area contributed by atoms with E-state index in [0.29, 0.717) is 19.3 Å². The van der Waals surface area contributed by atoms with E-state index in [0.717, 1.165) is 0 Å². The first kappa shape index (κ1) is 16.0. The largest absolute Gasteiger partial charge is 0.481 e. The standard InChI is InChI=1S/C14H26N2O3/c1-5-10(15)12(17)16-11-7-6-9(13(18)19)14(3,4)8(11)2/h8-11H,5-7,15H2,1-4H3,(H,16,17)(H,18,19)/t8?,9?,10-,11?/m0/s1. The first-order chi connectivity index (χ1) is 8.71. The number of carboxylic acid groups (broad SMARTS) is 1. The summed E-state index contributed by atoms with van der Waals surface area (Å²) >= 11 is 0. The van der Waals surface area contributed by atoms with Crippen LogP contribution >= 0.6 is 0 Å². The maximum atomic E-state index is 11.9. The molecule has 0 aliphatic heterocycles. The summed E-state index contributed by atoms with van der Waals surface area (Å²) in [4.78, 5) is 23.2. The topological polar surface area (TPSA) is 92.4 Å². The van der Waals surface area contributed by atoms with Crippen molar-refractivity contribution in [3.05, 3.63) is 0 Å². The Morgan fingerprint density at radius 2 is 2.00 bits per heavy atom. The zero-order valence-electron chi connectivity index (χ0n) is 12.3. The molecular weight excluding hydrogens is 244 g/mol. The Morgan fingerprint density at radius 1 is 1.42 bits per heavy atom. The lowest BCUT2D eigenvalue weighted by Crippen LogP contribution is -2.55. The van der Waals surface area contributed by atoms with E-state index in [1.165, 1.54) is 0 Å². The Bertz CT molecular complexity index is 355. The number of rotatable bonds is 4. The second kappa shape index (κ2) is 5.90. The van der Waals surface area contributed by atoms with Crippen molar-refractivity contribution in [2.45, 2.75) is 59.0 Å². The Morgan fingerprint density at radius 3 is 2.47 bits per heavy atom. The number of nitrogens with one attached hydrogen (secondary N) is 1. The van der Waals surface area contributed by atoms with Crippen molar-refractivity contribution in [3.63, 3.8) is 0 Å². The first-order valence-electron chi connectivity index (χ1n) is 7.00. The van der Waals surface area contributed by atoms with Crippen LogP contribution in [0.4, 0.5) is 0 Å². The lowest BCUT2D eigenvalue weighted by Gasteiger charge is -2.46. The third-order valence-electron chi connectivity index (χ3n) is 4.84. The average molecular weight is 270 g/mol. The lowest BCUT2D eigenvalue weighted by molar-refractivity contribution is -0.150. The highest BCUT2D eigenvalue weighted by molar-refractivity contribution is 5.81. The van der Waals surface area contributed by atoms with Crippen LogP contribution < -0.4 is 11.1 Å². The molecule has 0 spiro atoms. The fourth-order valence-electron chi connectivity index (χ4n) is 2.92. The molecule has 0 bridgehead atoms. The quantitative estimate of drug-likeness (QED) is 0.719. The van der Waals surface area contributed by atoms with E-state index in [1.54, 1.807) is 0 Å². The van der Waals surface area contributed by atoms with Crippen molar-refractivity contribution >= 4 is 11.9 Å². The molecule has 1 rings (SSSR count). The van der Waals surface area contributed by atoms with Crippen molar-refractivity contribution in [2.24, 2.45) is 23.0 Å². The molecule has 0 aromatic heterocycles. The van der Waals surface area contributed by atoms with Gasteiger partial charge in [-0.25, -0.2) is 0 Å². The first-order valence-corrected chi connectivity index (χ1v) is 7.00. The van der Waals surface area contributed by atoms with Crippen LogP contribution in [0, 0.1) is 17.3 Å². The second-order valence-electron chi connectivity index (χ2n) is 6.21. The zero-order chi connectivity index (χ0) is 14.8. The van der Waals surface area contributed by atoms with Gasteiger partial charge in [-0.3, -0.25) is 9.59 Å². The summed E-state index contributed by atoms with van der Waals surface area (Å²) in [5, 5.41) is 12.3. The normalized spacial score (nSPS) is 31.5. The summed E-state index contributed by atoms with van der Waals surface area (Å²) in [5.41, 5.74) is 5.38. The summed E-state index contributed by atoms with van der Waals surface area (Å²) in [7, 11) is 0. The van der Waals surface area contributed by atoms with E-state index < -0.39 is 12.0 Å². The number of aliphatic carboxylic acids is 1. The summed E-state index contributed by atoms with van der Waals surface area (Å²) in [5.74, 6) is -1.12. The van der Waals surface area contributed by atoms with Gasteiger partial charge in [0, 0.05) is 6.04 Å². The van der Waals surface area contributed by atoms with E-state index in [9.17, 15) is 14.7 Å². The molecule has 1 fully saturated rings. The van der Waals surface area contributed by atoms with E-state index in [4.69, 9.17) is 5.73 Å². The van der Waals surface area contributed by atoms with Gasteiger partial charge < -0.3 is 16.2 Å². The van der Waals surface area contributed by atoms with Gasteiger partial charge in [0.25, 0.3) is 0 Å². The van der Waals surface area contributed by atoms with Crippen LogP contribution in [0.25, 0.3) is 0 Å². The summed E-state index contributed by atoms with van der Waals surface area (Å²) in [6.07, 6.45) is 1.90. The minimum atomic E-state index is -0.744. The highest BCUT2D eigenvalue weighted by atomic mass is 16.4. The maximum Gasteiger partial charge on any atom is 0.307 e. The number of nitrogens with two attached hydrogens (primary N) is 1. The molecule has 0 aromatic rings. The molecule has 5 heteroatoms. The predicted molar refractivity (Wildman–Crippen MR) is 73.5 cm³/mol. The molecule has 0 radical (unpaired) electrons. The van der Waals surface area contributed by atoms with Crippen LogP contribution in [0.3, 0.4) is 0 Å². The van der Waals surface area contributed by atoms with E-state index >= 15 is 0 Å². The van der Waals surface area contributed by atoms with E-state index in [2.05, 4.69) is 5.32 Å². The van der Waals surface area contributed by atoms with Gasteiger partial charge in [-0.05, 0) is 30.6 Å². The number of hydrogen-bond donors (Lipinski definition) is 3. The van der Waals surface area contributed by atoms with Gasteiger partial charge in [0.15, 0.2) is 0 Å². The molecule has 4 atom stereocenters. The van der Waals surface area contributed by atoms with Crippen LogP contribution in [-0.4, -0.2) is 29.1 Å². The molecule has 110 valence electrons. The maximum absolute atomic E-state index is 11.9. The molecule has 1 aliphatic rings. The number of carbonyl (C=O) groups is 2. The Kier molecular flexibility index (Phi) is 4.96. The van der Waals surface area contributed by atoms with Crippen LogP contribution in [0.15, 0.2) is 0 Å². The highest BCUT2D eigenvalue weighted by Gasteiger charge is 2.46. The molecule has 5 nitrogen and oxygen atoms in total. The van der Waals surface area contributed by atoms with Gasteiger partial charge in [0.2, 0.25) is 5.91 Å². The van der Waals surface area contributed by atoms with Gasteiger partial charge in [-0.1, -0.05) is 27.7 Å². The number of amides is 1. The van der Waals surface area contributed by atoms with Gasteiger partial charge in [0.05, 0.1) is 12.0 Å². The number of carbonyl (C=O) groups excluding carboxylic acids is 1. The highest BCUT2D eigenvalue weighted by Crippen LogP contribution is 2.45. The van der Waals surface area contributed by atoms with E-state index in [1.807, 2.05) is 27.7 Å². The lowest BCUT2D eigenvalue weighted by atomic mass is 9.61. The predicted octanol–water partition coefficient (Wildman–Crippen LogP) is 1.37. The van der Waals surface area contributed by atoms with Gasteiger partial charge in [0.1, 0.15) is 0 Å². The Hall–Kier alpha value is -1.10. The summed E-state index contributed by atoms with van der Waals surface area (Å²) in [6.45, 7) is 7.82. The van der Waals surface area contributed by atoms with Crippen molar-refractivity contribution in [1.82, 2.24) is 5.32 Å².